The fourth-order valence-corrected chi connectivity index (χ4v) is 3.99. The molecule has 0 fully saturated rings. The van der Waals surface area contributed by atoms with Crippen molar-refractivity contribution < 1.29 is 14.6 Å². The number of nitriles is 1. The maximum Gasteiger partial charge on any atom is 0.205 e. The summed E-state index contributed by atoms with van der Waals surface area (Å²) in [4.78, 5) is 0. The van der Waals surface area contributed by atoms with Crippen LogP contribution in [-0.4, -0.2) is 16.8 Å². The van der Waals surface area contributed by atoms with Crippen molar-refractivity contribution >= 4 is 26.8 Å². The summed E-state index contributed by atoms with van der Waals surface area (Å²) in [7, 11) is 3.43. The molecule has 1 unspecified atom stereocenters. The van der Waals surface area contributed by atoms with E-state index in [0.29, 0.717) is 21.5 Å². The Morgan fingerprint density at radius 3 is 2.81 bits per heavy atom. The van der Waals surface area contributed by atoms with Gasteiger partial charge in [0.15, 0.2) is 11.5 Å². The van der Waals surface area contributed by atoms with Crippen LogP contribution in [0.15, 0.2) is 52.5 Å². The fraction of sp³-hybridized carbons (Fsp3) is 0.150. The van der Waals surface area contributed by atoms with Crippen LogP contribution in [0.2, 0.25) is 0 Å². The first kappa shape index (κ1) is 17.3. The number of ether oxygens (including phenoxy) is 2. The van der Waals surface area contributed by atoms with Crippen LogP contribution in [0.4, 0.5) is 0 Å². The second-order valence-corrected chi connectivity index (χ2v) is 7.18. The van der Waals surface area contributed by atoms with Crippen LogP contribution < -0.4 is 15.2 Å². The molecular weight excluding hydrogens is 410 g/mol. The van der Waals surface area contributed by atoms with E-state index in [-0.39, 0.29) is 11.6 Å². The van der Waals surface area contributed by atoms with Crippen molar-refractivity contribution in [2.75, 3.05) is 7.11 Å². The first-order valence-electron chi connectivity index (χ1n) is 8.18. The van der Waals surface area contributed by atoms with E-state index in [1.807, 2.05) is 36.0 Å². The molecule has 7 heteroatoms. The van der Waals surface area contributed by atoms with Crippen LogP contribution in [0.25, 0.3) is 10.9 Å². The number of nitrogens with two attached hydrogens (primary N) is 1. The highest BCUT2D eigenvalue weighted by Crippen LogP contribution is 2.48. The van der Waals surface area contributed by atoms with E-state index in [0.717, 1.165) is 22.0 Å². The van der Waals surface area contributed by atoms with Gasteiger partial charge in [0.2, 0.25) is 5.88 Å². The average molecular weight is 426 g/mol. The number of aromatic hydroxyl groups is 1. The van der Waals surface area contributed by atoms with Crippen molar-refractivity contribution in [1.29, 1.82) is 5.26 Å². The summed E-state index contributed by atoms with van der Waals surface area (Å²) in [6.45, 7) is 0. The molecule has 0 amide bonds. The Morgan fingerprint density at radius 2 is 2.11 bits per heavy atom. The number of fused-ring (bicyclic) bond motifs is 3. The maximum absolute atomic E-state index is 10.1. The summed E-state index contributed by atoms with van der Waals surface area (Å²) < 4.78 is 13.6. The zero-order valence-electron chi connectivity index (χ0n) is 14.7. The van der Waals surface area contributed by atoms with Crippen molar-refractivity contribution in [1.82, 2.24) is 4.57 Å². The Hall–Kier alpha value is -3.11. The van der Waals surface area contributed by atoms with Crippen molar-refractivity contribution in [3.8, 4) is 23.3 Å². The van der Waals surface area contributed by atoms with E-state index in [9.17, 15) is 10.4 Å². The molecule has 1 aliphatic heterocycles. The highest BCUT2D eigenvalue weighted by atomic mass is 79.9. The number of rotatable bonds is 2. The van der Waals surface area contributed by atoms with Gasteiger partial charge in [-0.25, -0.2) is 0 Å². The van der Waals surface area contributed by atoms with Gasteiger partial charge in [-0.1, -0.05) is 6.07 Å². The number of hydrogen-bond donors (Lipinski definition) is 2. The summed E-state index contributed by atoms with van der Waals surface area (Å²) in [6, 6.07) is 11.5. The zero-order chi connectivity index (χ0) is 19.3. The summed E-state index contributed by atoms with van der Waals surface area (Å²) >= 11 is 3.35. The number of aromatic nitrogens is 1. The molecule has 0 aliphatic carbocycles. The normalized spacial score (nSPS) is 16.0. The third kappa shape index (κ3) is 2.53. The molecule has 1 atom stereocenters. The Kier molecular flexibility index (Phi) is 4.01. The lowest BCUT2D eigenvalue weighted by atomic mass is 9.83. The van der Waals surface area contributed by atoms with Crippen molar-refractivity contribution in [2.45, 2.75) is 5.92 Å². The number of aryl methyl sites for hydroxylation is 1. The number of nitrogens with zero attached hydrogens (tertiary/aromatic N) is 2. The Labute approximate surface area is 164 Å². The molecule has 0 bridgehead atoms. The number of allylic oxidation sites excluding steroid dienone is 1. The number of phenols is 1. The molecule has 0 saturated heterocycles. The standard InChI is InChI=1S/C20H16BrN3O3/c1-24-6-5-11-15(24)4-3-12-17(13(9-22)20(23)27-19(11)12)10-7-14(21)18(25)16(8-10)26-2/h3-8,17,25H,23H2,1-2H3. The van der Waals surface area contributed by atoms with Gasteiger partial charge in [-0.05, 0) is 45.8 Å². The van der Waals surface area contributed by atoms with Gasteiger partial charge < -0.3 is 24.9 Å². The molecule has 4 rings (SSSR count). The second kappa shape index (κ2) is 6.25. The molecule has 6 nitrogen and oxygen atoms in total. The van der Waals surface area contributed by atoms with E-state index in [4.69, 9.17) is 15.2 Å². The largest absolute Gasteiger partial charge is 0.503 e. The van der Waals surface area contributed by atoms with Gasteiger partial charge in [0.1, 0.15) is 17.4 Å². The topological polar surface area (TPSA) is 93.4 Å². The minimum absolute atomic E-state index is 0.00232. The Bertz CT molecular complexity index is 1160. The predicted molar refractivity (Wildman–Crippen MR) is 105 cm³/mol. The van der Waals surface area contributed by atoms with Crippen LogP contribution in [0.1, 0.15) is 17.0 Å². The summed E-state index contributed by atoms with van der Waals surface area (Å²) in [5, 5.41) is 20.8. The zero-order valence-corrected chi connectivity index (χ0v) is 16.2. The number of hydrogen-bond acceptors (Lipinski definition) is 5. The minimum atomic E-state index is -0.436. The Balaban J connectivity index is 2.02. The van der Waals surface area contributed by atoms with Gasteiger partial charge in [-0.2, -0.15) is 5.26 Å². The summed E-state index contributed by atoms with van der Waals surface area (Å²) in [6.07, 6.45) is 1.95. The van der Waals surface area contributed by atoms with Gasteiger partial charge >= 0.3 is 0 Å². The van der Waals surface area contributed by atoms with Crippen LogP contribution in [0, 0.1) is 11.3 Å². The summed E-state index contributed by atoms with van der Waals surface area (Å²) in [5.41, 5.74) is 9.02. The van der Waals surface area contributed by atoms with Crippen LogP contribution in [-0.2, 0) is 7.05 Å². The van der Waals surface area contributed by atoms with Gasteiger partial charge in [0, 0.05) is 24.2 Å². The average Bonchev–Trinajstić information content (AvgIpc) is 3.04. The first-order chi connectivity index (χ1) is 13.0. The highest BCUT2D eigenvalue weighted by Gasteiger charge is 2.33. The molecule has 3 aromatic rings. The highest BCUT2D eigenvalue weighted by molar-refractivity contribution is 9.10. The predicted octanol–water partition coefficient (Wildman–Crippen LogP) is 3.87. The number of halogens is 1. The first-order valence-corrected chi connectivity index (χ1v) is 8.97. The van der Waals surface area contributed by atoms with Gasteiger partial charge in [-0.15, -0.1) is 0 Å². The second-order valence-electron chi connectivity index (χ2n) is 6.32. The van der Waals surface area contributed by atoms with Gasteiger partial charge in [0.05, 0.1) is 23.0 Å². The molecule has 1 aliphatic rings. The van der Waals surface area contributed by atoms with E-state index in [1.165, 1.54) is 7.11 Å². The molecule has 1 aromatic heterocycles. The Morgan fingerprint density at radius 1 is 1.33 bits per heavy atom. The van der Waals surface area contributed by atoms with Crippen molar-refractivity contribution in [2.24, 2.45) is 12.8 Å². The molecule has 3 N–H and O–H groups in total. The van der Waals surface area contributed by atoms with Crippen molar-refractivity contribution in [3.63, 3.8) is 0 Å². The van der Waals surface area contributed by atoms with E-state index >= 15 is 0 Å². The third-order valence-corrected chi connectivity index (χ3v) is 5.45. The minimum Gasteiger partial charge on any atom is -0.503 e. The molecule has 2 aromatic carbocycles. The number of phenolic OH excluding ortho intramolecular Hbond substituents is 1. The SMILES string of the molecule is COc1cc(C2C(C#N)=C(N)Oc3c2ccc2c3ccn2C)cc(Br)c1O. The maximum atomic E-state index is 10.1. The molecule has 0 saturated carbocycles. The quantitative estimate of drug-likeness (QED) is 0.649. The lowest BCUT2D eigenvalue weighted by Gasteiger charge is -2.27. The smallest absolute Gasteiger partial charge is 0.205 e. The van der Waals surface area contributed by atoms with Crippen LogP contribution >= 0.6 is 15.9 Å². The molecule has 2 heterocycles. The lowest BCUT2D eigenvalue weighted by Crippen LogP contribution is -2.21. The number of benzene rings is 2. The van der Waals surface area contributed by atoms with Gasteiger partial charge in [-0.3, -0.25) is 0 Å². The van der Waals surface area contributed by atoms with Crippen LogP contribution in [0.3, 0.4) is 0 Å². The van der Waals surface area contributed by atoms with E-state index in [2.05, 4.69) is 22.0 Å². The molecule has 136 valence electrons. The molecule has 0 spiro atoms. The van der Waals surface area contributed by atoms with E-state index < -0.39 is 5.92 Å². The van der Waals surface area contributed by atoms with Crippen LogP contribution in [0.5, 0.6) is 17.2 Å². The molecular formula is C20H16BrN3O3. The number of methoxy groups -OCH3 is 1. The fourth-order valence-electron chi connectivity index (χ4n) is 3.53. The molecule has 27 heavy (non-hydrogen) atoms. The molecule has 0 radical (unpaired) electrons. The third-order valence-electron chi connectivity index (χ3n) is 4.85. The van der Waals surface area contributed by atoms with Gasteiger partial charge in [0.25, 0.3) is 0 Å². The summed E-state index contributed by atoms with van der Waals surface area (Å²) in [5.74, 6) is 0.591. The lowest BCUT2D eigenvalue weighted by molar-refractivity contribution is 0.370. The monoisotopic (exact) mass is 425 g/mol. The van der Waals surface area contributed by atoms with E-state index in [1.54, 1.807) is 12.1 Å². The van der Waals surface area contributed by atoms with Crippen molar-refractivity contribution in [3.05, 3.63) is 63.6 Å².